The second kappa shape index (κ2) is 1.84. The lowest BCUT2D eigenvalue weighted by molar-refractivity contribution is 0.0200. The van der Waals surface area contributed by atoms with Crippen molar-refractivity contribution in [3.05, 3.63) is 0 Å². The topological polar surface area (TPSA) is 0 Å². The molecule has 0 aromatic carbocycles. The summed E-state index contributed by atoms with van der Waals surface area (Å²) >= 11 is 0. The van der Waals surface area contributed by atoms with Gasteiger partial charge in [0.1, 0.15) is 0 Å². The number of hydrogen-bond acceptors (Lipinski definition) is 0. The predicted octanol–water partition coefficient (Wildman–Crippen LogP) is 3.47. The maximum absolute atomic E-state index is 2.46. The Kier molecular flexibility index (Phi) is 1.28. The SMILES string of the molecule is CCC1C(C)C12CCC2(C)C. The summed E-state index contributed by atoms with van der Waals surface area (Å²) in [4.78, 5) is 0. The van der Waals surface area contributed by atoms with Crippen molar-refractivity contribution in [1.29, 1.82) is 0 Å². The van der Waals surface area contributed by atoms with Gasteiger partial charge in [-0.25, -0.2) is 0 Å². The molecule has 0 bridgehead atoms. The van der Waals surface area contributed by atoms with Crippen LogP contribution >= 0.6 is 0 Å². The molecule has 1 spiro atoms. The highest BCUT2D eigenvalue weighted by molar-refractivity contribution is 5.20. The molecule has 0 N–H and O–H groups in total. The van der Waals surface area contributed by atoms with E-state index in [0.717, 1.165) is 17.3 Å². The molecule has 0 aromatic heterocycles. The summed E-state index contributed by atoms with van der Waals surface area (Å²) < 4.78 is 0. The van der Waals surface area contributed by atoms with Crippen LogP contribution in [0.25, 0.3) is 0 Å². The van der Waals surface area contributed by atoms with Crippen LogP contribution in [-0.2, 0) is 0 Å². The lowest BCUT2D eigenvalue weighted by Crippen LogP contribution is -2.39. The molecule has 11 heavy (non-hydrogen) atoms. The molecule has 2 aliphatic rings. The molecular weight excluding hydrogens is 132 g/mol. The van der Waals surface area contributed by atoms with E-state index < -0.39 is 0 Å². The normalized spacial score (nSPS) is 52.4. The van der Waals surface area contributed by atoms with Crippen molar-refractivity contribution in [2.24, 2.45) is 22.7 Å². The highest BCUT2D eigenvalue weighted by Gasteiger charge is 2.71. The van der Waals surface area contributed by atoms with E-state index in [1.165, 1.54) is 19.3 Å². The Morgan fingerprint density at radius 2 is 1.91 bits per heavy atom. The van der Waals surface area contributed by atoms with Gasteiger partial charge in [0.15, 0.2) is 0 Å². The van der Waals surface area contributed by atoms with Crippen molar-refractivity contribution in [3.63, 3.8) is 0 Å². The molecule has 0 saturated heterocycles. The zero-order valence-electron chi connectivity index (χ0n) is 8.28. The molecule has 3 atom stereocenters. The Morgan fingerprint density at radius 3 is 2.00 bits per heavy atom. The van der Waals surface area contributed by atoms with Crippen LogP contribution in [0.2, 0.25) is 0 Å². The summed E-state index contributed by atoms with van der Waals surface area (Å²) in [6.07, 6.45) is 4.39. The van der Waals surface area contributed by atoms with E-state index in [1.807, 2.05) is 0 Å². The van der Waals surface area contributed by atoms with Crippen LogP contribution in [0.5, 0.6) is 0 Å². The molecule has 3 unspecified atom stereocenters. The molecule has 2 aliphatic carbocycles. The van der Waals surface area contributed by atoms with Gasteiger partial charge in [0.25, 0.3) is 0 Å². The molecule has 64 valence electrons. The average Bonchev–Trinajstić information content (AvgIpc) is 2.56. The van der Waals surface area contributed by atoms with E-state index in [4.69, 9.17) is 0 Å². The van der Waals surface area contributed by atoms with Crippen LogP contribution in [0.1, 0.15) is 47.0 Å². The first-order valence-corrected chi connectivity index (χ1v) is 5.06. The lowest BCUT2D eigenvalue weighted by Gasteiger charge is -2.47. The van der Waals surface area contributed by atoms with Crippen molar-refractivity contribution in [1.82, 2.24) is 0 Å². The largest absolute Gasteiger partial charge is 0.0651 e. The summed E-state index contributed by atoms with van der Waals surface area (Å²) in [5.41, 5.74) is 1.47. The van der Waals surface area contributed by atoms with Crippen LogP contribution < -0.4 is 0 Å². The van der Waals surface area contributed by atoms with Gasteiger partial charge < -0.3 is 0 Å². The second-order valence-electron chi connectivity index (χ2n) is 5.23. The Morgan fingerprint density at radius 1 is 1.27 bits per heavy atom. The van der Waals surface area contributed by atoms with Crippen LogP contribution in [0.15, 0.2) is 0 Å². The van der Waals surface area contributed by atoms with Gasteiger partial charge in [0, 0.05) is 0 Å². The summed E-state index contributed by atoms with van der Waals surface area (Å²) in [7, 11) is 0. The first-order chi connectivity index (χ1) is 5.06. The van der Waals surface area contributed by atoms with E-state index >= 15 is 0 Å². The zero-order valence-corrected chi connectivity index (χ0v) is 8.28. The monoisotopic (exact) mass is 152 g/mol. The minimum absolute atomic E-state index is 0.674. The summed E-state index contributed by atoms with van der Waals surface area (Å²) in [6, 6.07) is 0. The Bertz CT molecular complexity index is 180. The maximum atomic E-state index is 2.46. The van der Waals surface area contributed by atoms with E-state index in [1.54, 1.807) is 0 Å². The first kappa shape index (κ1) is 7.64. The van der Waals surface area contributed by atoms with E-state index in [2.05, 4.69) is 27.7 Å². The molecule has 2 fully saturated rings. The minimum Gasteiger partial charge on any atom is -0.0651 e. The third kappa shape index (κ3) is 0.625. The lowest BCUT2D eigenvalue weighted by atomic mass is 9.57. The fraction of sp³-hybridized carbons (Fsp3) is 1.00. The van der Waals surface area contributed by atoms with Crippen LogP contribution in [0.4, 0.5) is 0 Å². The molecule has 0 nitrogen and oxygen atoms in total. The smallest absolute Gasteiger partial charge is 0.0187 e. The van der Waals surface area contributed by atoms with E-state index in [9.17, 15) is 0 Å². The summed E-state index contributed by atoms with van der Waals surface area (Å²) in [5, 5.41) is 0. The van der Waals surface area contributed by atoms with Crippen molar-refractivity contribution < 1.29 is 0 Å². The van der Waals surface area contributed by atoms with Gasteiger partial charge in [0.2, 0.25) is 0 Å². The maximum Gasteiger partial charge on any atom is -0.0187 e. The molecular formula is C11H20. The average molecular weight is 152 g/mol. The van der Waals surface area contributed by atoms with Gasteiger partial charge in [0.05, 0.1) is 0 Å². The molecule has 0 aromatic rings. The van der Waals surface area contributed by atoms with Crippen molar-refractivity contribution in [3.8, 4) is 0 Å². The molecule has 0 amide bonds. The van der Waals surface area contributed by atoms with Gasteiger partial charge in [-0.2, -0.15) is 0 Å². The molecule has 0 heteroatoms. The van der Waals surface area contributed by atoms with Gasteiger partial charge >= 0.3 is 0 Å². The van der Waals surface area contributed by atoms with Crippen molar-refractivity contribution in [2.75, 3.05) is 0 Å². The number of rotatable bonds is 1. The second-order valence-corrected chi connectivity index (χ2v) is 5.23. The van der Waals surface area contributed by atoms with Crippen molar-refractivity contribution >= 4 is 0 Å². The van der Waals surface area contributed by atoms with Gasteiger partial charge in [-0.15, -0.1) is 0 Å². The quantitative estimate of drug-likeness (QED) is 0.539. The fourth-order valence-electron chi connectivity index (χ4n) is 3.89. The highest BCUT2D eigenvalue weighted by atomic mass is 14.8. The van der Waals surface area contributed by atoms with Crippen LogP contribution in [0, 0.1) is 22.7 Å². The Hall–Kier alpha value is 0. The third-order valence-corrected chi connectivity index (χ3v) is 4.83. The standard InChI is InChI=1S/C11H20/c1-5-9-8(2)11(9)7-6-10(11,3)4/h8-9H,5-7H2,1-4H3. The van der Waals surface area contributed by atoms with Gasteiger partial charge in [-0.3, -0.25) is 0 Å². The first-order valence-electron chi connectivity index (χ1n) is 5.06. The van der Waals surface area contributed by atoms with Gasteiger partial charge in [-0.1, -0.05) is 34.1 Å². The molecule has 2 rings (SSSR count). The Labute approximate surface area is 70.4 Å². The summed E-state index contributed by atoms with van der Waals surface area (Å²) in [6.45, 7) is 9.73. The van der Waals surface area contributed by atoms with Crippen LogP contribution in [-0.4, -0.2) is 0 Å². The summed E-state index contributed by atoms with van der Waals surface area (Å²) in [5.74, 6) is 2.09. The Balaban J connectivity index is 2.16. The third-order valence-electron chi connectivity index (χ3n) is 4.83. The van der Waals surface area contributed by atoms with Crippen molar-refractivity contribution in [2.45, 2.75) is 47.0 Å². The minimum atomic E-state index is 0.674. The predicted molar refractivity (Wildman–Crippen MR) is 48.4 cm³/mol. The molecule has 0 aliphatic heterocycles. The van der Waals surface area contributed by atoms with Gasteiger partial charge in [-0.05, 0) is 35.5 Å². The molecule has 0 heterocycles. The highest BCUT2D eigenvalue weighted by Crippen LogP contribution is 2.78. The fourth-order valence-corrected chi connectivity index (χ4v) is 3.89. The van der Waals surface area contributed by atoms with Crippen LogP contribution in [0.3, 0.4) is 0 Å². The molecule has 2 saturated carbocycles. The molecule has 0 radical (unpaired) electrons. The van der Waals surface area contributed by atoms with E-state index in [0.29, 0.717) is 5.41 Å². The van der Waals surface area contributed by atoms with E-state index in [-0.39, 0.29) is 0 Å². The number of hydrogen-bond donors (Lipinski definition) is 0. The zero-order chi connectivity index (χ0) is 8.28.